The van der Waals surface area contributed by atoms with E-state index in [1.807, 2.05) is 0 Å². The predicted molar refractivity (Wildman–Crippen MR) is 65.4 cm³/mol. The lowest BCUT2D eigenvalue weighted by atomic mass is 10.5. The Hall–Kier alpha value is -1.12. The van der Waals surface area contributed by atoms with Gasteiger partial charge < -0.3 is 0 Å². The molecular weight excluding hydrogens is 184 g/mol. The van der Waals surface area contributed by atoms with Gasteiger partial charge in [0.05, 0.1) is 27.7 Å². The van der Waals surface area contributed by atoms with Crippen molar-refractivity contribution in [2.75, 3.05) is 27.7 Å². The molecule has 0 radical (unpaired) electrons. The Morgan fingerprint density at radius 2 is 1.13 bits per heavy atom. The van der Waals surface area contributed by atoms with Crippen LogP contribution in [-0.2, 0) is 0 Å². The van der Waals surface area contributed by atoms with Crippen molar-refractivity contribution in [2.45, 2.75) is 6.92 Å². The highest BCUT2D eigenvalue weighted by molar-refractivity contribution is 5.03. The average molecular weight is 206 g/mol. The molecule has 0 saturated carbocycles. The first-order valence-corrected chi connectivity index (χ1v) is 5.40. The van der Waals surface area contributed by atoms with Gasteiger partial charge in [0, 0.05) is 0 Å². The molecule has 2 heterocycles. The van der Waals surface area contributed by atoms with E-state index in [0.29, 0.717) is 0 Å². The molecule has 2 rings (SSSR count). The topological polar surface area (TPSA) is 0 Å². The number of quaternary nitrogens is 2. The molecule has 0 amide bonds. The van der Waals surface area contributed by atoms with Gasteiger partial charge in [-0.1, -0.05) is 0 Å². The predicted octanol–water partition coefficient (Wildman–Crippen LogP) is 2.60. The molecule has 2 aliphatic rings. The third-order valence-corrected chi connectivity index (χ3v) is 2.70. The molecule has 0 atom stereocenters. The van der Waals surface area contributed by atoms with Gasteiger partial charge in [-0.2, -0.15) is 0 Å². The first-order chi connectivity index (χ1) is 6.97. The summed E-state index contributed by atoms with van der Waals surface area (Å²) >= 11 is 0. The largest absolute Gasteiger partial charge is 0.276 e. The van der Waals surface area contributed by atoms with Crippen LogP contribution in [0.2, 0.25) is 0 Å². The summed E-state index contributed by atoms with van der Waals surface area (Å²) in [7, 11) is 6.43. The molecule has 2 aliphatic heterocycles. The fourth-order valence-electron chi connectivity index (χ4n) is 1.35. The van der Waals surface area contributed by atoms with Gasteiger partial charge in [0.2, 0.25) is 0 Å². The van der Waals surface area contributed by atoms with Crippen molar-refractivity contribution < 1.29 is 8.97 Å². The summed E-state index contributed by atoms with van der Waals surface area (Å²) in [5, 5.41) is 0. The van der Waals surface area contributed by atoms with E-state index in [1.165, 1.54) is 0 Å². The van der Waals surface area contributed by atoms with Gasteiger partial charge in [0.25, 0.3) is 0 Å². The van der Waals surface area contributed by atoms with Gasteiger partial charge in [-0.05, 0) is 31.2 Å². The lowest BCUT2D eigenvalue weighted by molar-refractivity contribution is -0.801. The molecule has 0 fully saturated rings. The molecule has 0 N–H and O–H groups in total. The number of hydrogen-bond donors (Lipinski definition) is 0. The first-order valence-electron chi connectivity index (χ1n) is 5.40. The van der Waals surface area contributed by atoms with Gasteiger partial charge in [-0.25, -0.2) is 0 Å². The lowest BCUT2D eigenvalue weighted by Crippen LogP contribution is -2.29. The number of rotatable bonds is 1. The maximum absolute atomic E-state index is 2.18. The van der Waals surface area contributed by atoms with Gasteiger partial charge >= 0.3 is 0 Å². The summed E-state index contributed by atoms with van der Waals surface area (Å²) in [5.41, 5.74) is 0. The standard InChI is InChI=1S/C7H12N.C6H10N/c1-3-8(2)6-4-5-7-8;1-7(2)5-3-4-6-7/h4-7H,3H2,1-2H3;3-6H,1-2H3/q2*+1. The Kier molecular flexibility index (Phi) is 3.66. The van der Waals surface area contributed by atoms with Crippen molar-refractivity contribution >= 4 is 0 Å². The number of hydrogen-bond acceptors (Lipinski definition) is 0. The van der Waals surface area contributed by atoms with Crippen molar-refractivity contribution in [3.8, 4) is 0 Å². The maximum Gasteiger partial charge on any atom is 0.100 e. The molecule has 0 aromatic carbocycles. The van der Waals surface area contributed by atoms with Crippen LogP contribution in [0.1, 0.15) is 6.92 Å². The van der Waals surface area contributed by atoms with Crippen molar-refractivity contribution in [1.29, 1.82) is 0 Å². The molecule has 0 aliphatic carbocycles. The number of allylic oxidation sites excluding steroid dienone is 4. The monoisotopic (exact) mass is 206 g/mol. The lowest BCUT2D eigenvalue weighted by Gasteiger charge is -2.20. The summed E-state index contributed by atoms with van der Waals surface area (Å²) in [5.74, 6) is 0. The van der Waals surface area contributed by atoms with Gasteiger partial charge in [-0.3, -0.25) is 8.97 Å². The molecular formula is C13H22N2+2. The van der Waals surface area contributed by atoms with Crippen LogP contribution in [0, 0.1) is 0 Å². The van der Waals surface area contributed by atoms with E-state index >= 15 is 0 Å². The molecule has 0 aromatic rings. The SMILES string of the molecule is CC[N+]1(C)C=CC=C1.C[N+]1(C)C=CC=C1. The quantitative estimate of drug-likeness (QED) is 0.579. The van der Waals surface area contributed by atoms with Crippen molar-refractivity contribution in [1.82, 2.24) is 0 Å². The van der Waals surface area contributed by atoms with Crippen LogP contribution < -0.4 is 0 Å². The smallest absolute Gasteiger partial charge is 0.100 e. The van der Waals surface area contributed by atoms with Crippen LogP contribution in [0.4, 0.5) is 0 Å². The van der Waals surface area contributed by atoms with Crippen LogP contribution in [0.15, 0.2) is 49.1 Å². The van der Waals surface area contributed by atoms with E-state index < -0.39 is 0 Å². The van der Waals surface area contributed by atoms with E-state index in [4.69, 9.17) is 0 Å². The van der Waals surface area contributed by atoms with E-state index in [2.05, 4.69) is 77.2 Å². The van der Waals surface area contributed by atoms with Crippen LogP contribution in [0.5, 0.6) is 0 Å². The van der Waals surface area contributed by atoms with Crippen LogP contribution in [0.3, 0.4) is 0 Å². The fraction of sp³-hybridized carbons (Fsp3) is 0.385. The van der Waals surface area contributed by atoms with Crippen molar-refractivity contribution in [3.63, 3.8) is 0 Å². The Morgan fingerprint density at radius 1 is 0.733 bits per heavy atom. The molecule has 0 bridgehead atoms. The summed E-state index contributed by atoms with van der Waals surface area (Å²) in [4.78, 5) is 0. The Morgan fingerprint density at radius 3 is 1.33 bits per heavy atom. The van der Waals surface area contributed by atoms with Gasteiger partial charge in [-0.15, -0.1) is 0 Å². The Labute approximate surface area is 93.3 Å². The Balaban J connectivity index is 0.000000151. The molecule has 0 aromatic heterocycles. The van der Waals surface area contributed by atoms with Crippen LogP contribution in [-0.4, -0.2) is 36.7 Å². The van der Waals surface area contributed by atoms with Crippen LogP contribution >= 0.6 is 0 Å². The highest BCUT2D eigenvalue weighted by atomic mass is 15.3. The maximum atomic E-state index is 2.18. The minimum Gasteiger partial charge on any atom is -0.276 e. The summed E-state index contributed by atoms with van der Waals surface area (Å²) in [6.45, 7) is 3.33. The highest BCUT2D eigenvalue weighted by Gasteiger charge is 2.13. The van der Waals surface area contributed by atoms with E-state index in [1.54, 1.807) is 0 Å². The summed E-state index contributed by atoms with van der Waals surface area (Å²) < 4.78 is 1.85. The zero-order valence-electron chi connectivity index (χ0n) is 10.2. The summed E-state index contributed by atoms with van der Waals surface area (Å²) in [6, 6.07) is 0. The first kappa shape index (κ1) is 12.0. The zero-order chi connectivity index (χ0) is 11.4. The molecule has 0 saturated heterocycles. The van der Waals surface area contributed by atoms with Gasteiger partial charge in [0.1, 0.15) is 24.8 Å². The second-order valence-electron chi connectivity index (χ2n) is 4.66. The van der Waals surface area contributed by atoms with Crippen molar-refractivity contribution in [3.05, 3.63) is 49.1 Å². The zero-order valence-corrected chi connectivity index (χ0v) is 10.2. The molecule has 2 nitrogen and oxygen atoms in total. The van der Waals surface area contributed by atoms with E-state index in [0.717, 1.165) is 15.5 Å². The molecule has 0 spiro atoms. The van der Waals surface area contributed by atoms with Gasteiger partial charge in [0.15, 0.2) is 0 Å². The molecule has 2 heteroatoms. The number of nitrogens with zero attached hydrogens (tertiary/aromatic N) is 2. The molecule has 82 valence electrons. The van der Waals surface area contributed by atoms with Crippen molar-refractivity contribution in [2.24, 2.45) is 0 Å². The fourth-order valence-corrected chi connectivity index (χ4v) is 1.35. The minimum atomic E-state index is 0.889. The van der Waals surface area contributed by atoms with Crippen LogP contribution in [0.25, 0.3) is 0 Å². The Bertz CT molecular complexity index is 293. The normalized spacial score (nSPS) is 22.9. The average Bonchev–Trinajstić information content (AvgIpc) is 2.77. The third kappa shape index (κ3) is 3.86. The minimum absolute atomic E-state index is 0.889. The highest BCUT2D eigenvalue weighted by Crippen LogP contribution is 2.09. The second-order valence-corrected chi connectivity index (χ2v) is 4.66. The second kappa shape index (κ2) is 4.60. The summed E-state index contributed by atoms with van der Waals surface area (Å²) in [6.07, 6.45) is 16.9. The van der Waals surface area contributed by atoms with E-state index in [9.17, 15) is 0 Å². The molecule has 15 heavy (non-hydrogen) atoms. The third-order valence-electron chi connectivity index (χ3n) is 2.70. The molecule has 0 unspecified atom stereocenters. The van der Waals surface area contributed by atoms with E-state index in [-0.39, 0.29) is 0 Å².